The second-order valence-corrected chi connectivity index (χ2v) is 6.62. The largest absolute Gasteiger partial charge is 0.481 e. The second-order valence-electron chi connectivity index (χ2n) is 5.57. The van der Waals surface area contributed by atoms with E-state index in [2.05, 4.69) is 5.16 Å². The summed E-state index contributed by atoms with van der Waals surface area (Å²) in [6, 6.07) is 15.0. The standard InChI is InChI=1S/C20H19NO5S/c1-2-7-17(21-26-20(25)14-8-4-3-5-9-14)19(24)15-10-6-11-16(12-15)27-13-18(22)23/h3-6,8-12H,2,7,13H2,1H3,(H,22,23)/b21-17+. The van der Waals surface area contributed by atoms with E-state index in [1.165, 1.54) is 0 Å². The molecule has 0 amide bonds. The van der Waals surface area contributed by atoms with E-state index in [-0.39, 0.29) is 17.2 Å². The van der Waals surface area contributed by atoms with Gasteiger partial charge in [0.05, 0.1) is 11.3 Å². The highest BCUT2D eigenvalue weighted by Gasteiger charge is 2.16. The molecule has 0 unspecified atom stereocenters. The van der Waals surface area contributed by atoms with Gasteiger partial charge in [-0.25, -0.2) is 4.79 Å². The predicted molar refractivity (Wildman–Crippen MR) is 103 cm³/mol. The van der Waals surface area contributed by atoms with Crippen LogP contribution in [0.15, 0.2) is 64.6 Å². The number of ketones is 1. The summed E-state index contributed by atoms with van der Waals surface area (Å²) in [7, 11) is 0. The van der Waals surface area contributed by atoms with Crippen molar-refractivity contribution in [3.05, 3.63) is 65.7 Å². The maximum Gasteiger partial charge on any atom is 0.365 e. The van der Waals surface area contributed by atoms with E-state index in [9.17, 15) is 14.4 Å². The Hall–Kier alpha value is -2.93. The van der Waals surface area contributed by atoms with Gasteiger partial charge in [0.1, 0.15) is 5.71 Å². The average molecular weight is 385 g/mol. The number of carbonyl (C=O) groups is 3. The fraction of sp³-hybridized carbons (Fsp3) is 0.200. The van der Waals surface area contributed by atoms with Crippen LogP contribution >= 0.6 is 11.8 Å². The van der Waals surface area contributed by atoms with Crippen LogP contribution in [0.4, 0.5) is 0 Å². The van der Waals surface area contributed by atoms with Crippen molar-refractivity contribution in [1.82, 2.24) is 0 Å². The number of carboxylic acid groups (broad SMARTS) is 1. The summed E-state index contributed by atoms with van der Waals surface area (Å²) in [5.74, 6) is -2.02. The molecule has 1 N–H and O–H groups in total. The lowest BCUT2D eigenvalue weighted by Gasteiger charge is -2.06. The molecule has 6 nitrogen and oxygen atoms in total. The summed E-state index contributed by atoms with van der Waals surface area (Å²) in [5, 5.41) is 12.6. The van der Waals surface area contributed by atoms with Crippen LogP contribution in [0.3, 0.4) is 0 Å². The summed E-state index contributed by atoms with van der Waals surface area (Å²) >= 11 is 1.12. The molecule has 0 aliphatic carbocycles. The number of benzene rings is 2. The van der Waals surface area contributed by atoms with E-state index in [1.807, 2.05) is 6.92 Å². The Labute approximate surface area is 161 Å². The fourth-order valence-corrected chi connectivity index (χ4v) is 2.87. The number of aliphatic carboxylic acids is 1. The number of Topliss-reactive ketones (excluding diaryl/α,β-unsaturated/α-hetero) is 1. The molecule has 2 aromatic carbocycles. The third-order valence-corrected chi connectivity index (χ3v) is 4.43. The average Bonchev–Trinajstić information content (AvgIpc) is 2.69. The minimum atomic E-state index is -0.933. The Morgan fingerprint density at radius 2 is 1.74 bits per heavy atom. The number of oxime groups is 1. The molecule has 0 atom stereocenters. The smallest absolute Gasteiger partial charge is 0.365 e. The van der Waals surface area contributed by atoms with E-state index in [0.29, 0.717) is 28.9 Å². The van der Waals surface area contributed by atoms with Crippen molar-refractivity contribution < 1.29 is 24.3 Å². The molecule has 0 aliphatic rings. The van der Waals surface area contributed by atoms with Gasteiger partial charge in [0.2, 0.25) is 5.78 Å². The van der Waals surface area contributed by atoms with Crippen molar-refractivity contribution in [3.8, 4) is 0 Å². The monoisotopic (exact) mass is 385 g/mol. The van der Waals surface area contributed by atoms with Gasteiger partial charge in [0.25, 0.3) is 0 Å². The lowest BCUT2D eigenvalue weighted by Crippen LogP contribution is -2.16. The van der Waals surface area contributed by atoms with Crippen LogP contribution in [0, 0.1) is 0 Å². The third kappa shape index (κ3) is 6.38. The molecule has 27 heavy (non-hydrogen) atoms. The quantitative estimate of drug-likeness (QED) is 0.230. The van der Waals surface area contributed by atoms with E-state index in [0.717, 1.165) is 11.8 Å². The van der Waals surface area contributed by atoms with Gasteiger partial charge in [-0.2, -0.15) is 0 Å². The molecule has 0 aliphatic heterocycles. The number of hydrogen-bond donors (Lipinski definition) is 1. The van der Waals surface area contributed by atoms with Crippen LogP contribution in [0.2, 0.25) is 0 Å². The highest BCUT2D eigenvalue weighted by molar-refractivity contribution is 8.00. The molecule has 0 bridgehead atoms. The van der Waals surface area contributed by atoms with Crippen LogP contribution in [-0.4, -0.2) is 34.3 Å². The molecular weight excluding hydrogens is 366 g/mol. The molecule has 0 saturated carbocycles. The molecule has 0 radical (unpaired) electrons. The summed E-state index contributed by atoms with van der Waals surface area (Å²) in [6.45, 7) is 1.89. The first-order valence-corrected chi connectivity index (χ1v) is 9.32. The summed E-state index contributed by atoms with van der Waals surface area (Å²) in [5.41, 5.74) is 0.854. The Kier molecular flexibility index (Phi) is 7.76. The molecule has 140 valence electrons. The first kappa shape index (κ1) is 20.4. The number of thioether (sulfide) groups is 1. The molecule has 0 fully saturated rings. The van der Waals surface area contributed by atoms with Gasteiger partial charge >= 0.3 is 11.9 Å². The third-order valence-electron chi connectivity index (χ3n) is 3.46. The molecule has 0 saturated heterocycles. The maximum atomic E-state index is 12.7. The number of rotatable bonds is 9. The van der Waals surface area contributed by atoms with Gasteiger partial charge in [-0.05, 0) is 30.7 Å². The van der Waals surface area contributed by atoms with Crippen LogP contribution in [0.1, 0.15) is 40.5 Å². The molecule has 2 aromatic rings. The zero-order valence-electron chi connectivity index (χ0n) is 14.8. The number of hydrogen-bond acceptors (Lipinski definition) is 6. The molecule has 0 aromatic heterocycles. The Bertz CT molecular complexity index is 848. The van der Waals surface area contributed by atoms with E-state index in [4.69, 9.17) is 9.94 Å². The topological polar surface area (TPSA) is 93.0 Å². The highest BCUT2D eigenvalue weighted by atomic mass is 32.2. The van der Waals surface area contributed by atoms with Crippen LogP contribution in [0.5, 0.6) is 0 Å². The SMILES string of the molecule is CCC/C(=N\OC(=O)c1ccccc1)C(=O)c1cccc(SCC(=O)O)c1. The van der Waals surface area contributed by atoms with Crippen molar-refractivity contribution in [1.29, 1.82) is 0 Å². The predicted octanol–water partition coefficient (Wildman–Crippen LogP) is 4.06. The Morgan fingerprint density at radius 3 is 2.41 bits per heavy atom. The van der Waals surface area contributed by atoms with Crippen molar-refractivity contribution in [2.24, 2.45) is 5.16 Å². The van der Waals surface area contributed by atoms with Crippen LogP contribution in [0.25, 0.3) is 0 Å². The van der Waals surface area contributed by atoms with Gasteiger partial charge in [-0.15, -0.1) is 11.8 Å². The Balaban J connectivity index is 2.15. The highest BCUT2D eigenvalue weighted by Crippen LogP contribution is 2.20. The first-order chi connectivity index (χ1) is 13.0. The normalized spacial score (nSPS) is 11.1. The van der Waals surface area contributed by atoms with Crippen molar-refractivity contribution >= 4 is 35.2 Å². The number of nitrogens with zero attached hydrogens (tertiary/aromatic N) is 1. The molecule has 7 heteroatoms. The Morgan fingerprint density at radius 1 is 1.04 bits per heavy atom. The van der Waals surface area contributed by atoms with Gasteiger partial charge in [0, 0.05) is 10.5 Å². The summed E-state index contributed by atoms with van der Waals surface area (Å²) in [6.07, 6.45) is 1.01. The minimum Gasteiger partial charge on any atom is -0.481 e. The number of carboxylic acids is 1. The number of carbonyl (C=O) groups excluding carboxylic acids is 2. The fourth-order valence-electron chi connectivity index (χ4n) is 2.20. The zero-order chi connectivity index (χ0) is 19.6. The van der Waals surface area contributed by atoms with Crippen molar-refractivity contribution in [2.45, 2.75) is 24.7 Å². The molecule has 0 heterocycles. The van der Waals surface area contributed by atoms with Crippen LogP contribution in [-0.2, 0) is 9.63 Å². The van der Waals surface area contributed by atoms with E-state index >= 15 is 0 Å². The van der Waals surface area contributed by atoms with Gasteiger partial charge in [-0.3, -0.25) is 9.59 Å². The summed E-state index contributed by atoms with van der Waals surface area (Å²) in [4.78, 5) is 41.0. The molecule has 2 rings (SSSR count). The molecule has 0 spiro atoms. The zero-order valence-corrected chi connectivity index (χ0v) is 15.6. The summed E-state index contributed by atoms with van der Waals surface area (Å²) < 4.78 is 0. The van der Waals surface area contributed by atoms with Gasteiger partial charge in [-0.1, -0.05) is 48.8 Å². The second kappa shape index (κ2) is 10.3. The lowest BCUT2D eigenvalue weighted by atomic mass is 10.0. The first-order valence-electron chi connectivity index (χ1n) is 8.34. The lowest BCUT2D eigenvalue weighted by molar-refractivity contribution is -0.133. The van der Waals surface area contributed by atoms with Gasteiger partial charge < -0.3 is 9.94 Å². The molecular formula is C20H19NO5S. The van der Waals surface area contributed by atoms with E-state index in [1.54, 1.807) is 54.6 Å². The minimum absolute atomic E-state index is 0.0950. The van der Waals surface area contributed by atoms with Crippen LogP contribution < -0.4 is 0 Å². The van der Waals surface area contributed by atoms with Crippen molar-refractivity contribution in [2.75, 3.05) is 5.75 Å². The van der Waals surface area contributed by atoms with E-state index < -0.39 is 11.9 Å². The van der Waals surface area contributed by atoms with Crippen molar-refractivity contribution in [3.63, 3.8) is 0 Å². The van der Waals surface area contributed by atoms with Gasteiger partial charge in [0.15, 0.2) is 0 Å². The maximum absolute atomic E-state index is 12.7.